The smallest absolute Gasteiger partial charge is 0.253 e. The molecule has 1 aromatic carbocycles. The topological polar surface area (TPSA) is 106 Å². The van der Waals surface area contributed by atoms with E-state index in [1.807, 2.05) is 12.1 Å². The number of pyridine rings is 1. The van der Waals surface area contributed by atoms with Crippen molar-refractivity contribution in [2.45, 2.75) is 31.6 Å². The van der Waals surface area contributed by atoms with Gasteiger partial charge in [0.1, 0.15) is 6.10 Å². The molecular weight excluding hydrogens is 403 g/mol. The third kappa shape index (κ3) is 6.17. The molecule has 0 spiro atoms. The van der Waals surface area contributed by atoms with Crippen LogP contribution in [-0.2, 0) is 16.1 Å². The van der Waals surface area contributed by atoms with Gasteiger partial charge in [-0.05, 0) is 36.6 Å². The van der Waals surface area contributed by atoms with Crippen molar-refractivity contribution in [2.24, 2.45) is 5.73 Å². The zero-order valence-corrected chi connectivity index (χ0v) is 16.8. The molecule has 0 unspecified atom stereocenters. The van der Waals surface area contributed by atoms with Gasteiger partial charge in [0.2, 0.25) is 0 Å². The Kier molecular flexibility index (Phi) is 9.89. The first-order chi connectivity index (χ1) is 12.7. The van der Waals surface area contributed by atoms with Gasteiger partial charge in [0.15, 0.2) is 0 Å². The number of nitrogens with one attached hydrogen (secondary N) is 2. The molecule has 0 radical (unpaired) electrons. The minimum atomic E-state index is -0.532. The summed E-state index contributed by atoms with van der Waals surface area (Å²) in [6, 6.07) is 10.6. The van der Waals surface area contributed by atoms with Crippen LogP contribution in [0.4, 0.5) is 5.69 Å². The molecule has 1 aliphatic heterocycles. The molecule has 1 aromatic heterocycles. The Morgan fingerprint density at radius 2 is 1.93 bits per heavy atom. The summed E-state index contributed by atoms with van der Waals surface area (Å²) in [6.07, 6.45) is 4.15. The molecule has 0 aliphatic carbocycles. The van der Waals surface area contributed by atoms with Gasteiger partial charge >= 0.3 is 0 Å². The summed E-state index contributed by atoms with van der Waals surface area (Å²) in [5.74, 6) is -0.523. The second-order valence-electron chi connectivity index (χ2n) is 6.14. The third-order valence-electron chi connectivity index (χ3n) is 4.27. The monoisotopic (exact) mass is 426 g/mol. The van der Waals surface area contributed by atoms with Crippen LogP contribution in [-0.4, -0.2) is 35.6 Å². The highest BCUT2D eigenvalue weighted by Gasteiger charge is 2.30. The molecule has 4 N–H and O–H groups in total. The molecule has 1 fully saturated rings. The first-order valence-electron chi connectivity index (χ1n) is 8.60. The Bertz CT molecular complexity index is 777. The Balaban J connectivity index is 0.00000196. The maximum absolute atomic E-state index is 12.5. The van der Waals surface area contributed by atoms with Crippen molar-refractivity contribution in [3.63, 3.8) is 0 Å². The number of nitrogens with two attached hydrogens (primary N) is 1. The third-order valence-corrected chi connectivity index (χ3v) is 4.27. The standard InChI is InChI=1S/C19H22N4O3.2ClH/c20-10-14-7-8-17(26-14)19(25)23-16-6-2-1-5-15(16)18(24)22-12-13-4-3-9-21-11-13;;/h1-6,9,11,14,17H,7-8,10,12,20H2,(H,22,24)(H,23,25);2*1H/t14-,17+;;/m1../s1. The molecule has 3 rings (SSSR count). The molecule has 152 valence electrons. The number of nitrogens with zero attached hydrogens (tertiary/aromatic N) is 1. The number of para-hydroxylation sites is 1. The van der Waals surface area contributed by atoms with Crippen LogP contribution >= 0.6 is 24.8 Å². The lowest BCUT2D eigenvalue weighted by atomic mass is 10.1. The van der Waals surface area contributed by atoms with E-state index in [2.05, 4.69) is 15.6 Å². The van der Waals surface area contributed by atoms with Crippen LogP contribution in [0.5, 0.6) is 0 Å². The number of carbonyl (C=O) groups is 2. The molecule has 1 aliphatic rings. The van der Waals surface area contributed by atoms with Gasteiger partial charge in [0.25, 0.3) is 11.8 Å². The van der Waals surface area contributed by atoms with Crippen LogP contribution in [0.1, 0.15) is 28.8 Å². The van der Waals surface area contributed by atoms with Crippen molar-refractivity contribution in [2.75, 3.05) is 11.9 Å². The predicted molar refractivity (Wildman–Crippen MR) is 112 cm³/mol. The summed E-state index contributed by atoms with van der Waals surface area (Å²) in [5, 5.41) is 5.63. The van der Waals surface area contributed by atoms with Crippen molar-refractivity contribution >= 4 is 42.3 Å². The molecule has 0 bridgehead atoms. The number of rotatable bonds is 6. The fourth-order valence-electron chi connectivity index (χ4n) is 2.86. The van der Waals surface area contributed by atoms with Gasteiger partial charge < -0.3 is 21.1 Å². The van der Waals surface area contributed by atoms with Crippen molar-refractivity contribution in [3.05, 3.63) is 59.9 Å². The van der Waals surface area contributed by atoms with Crippen LogP contribution < -0.4 is 16.4 Å². The highest BCUT2D eigenvalue weighted by Crippen LogP contribution is 2.22. The number of hydrogen-bond acceptors (Lipinski definition) is 5. The molecule has 7 nitrogen and oxygen atoms in total. The van der Waals surface area contributed by atoms with E-state index in [9.17, 15) is 9.59 Å². The van der Waals surface area contributed by atoms with E-state index in [-0.39, 0.29) is 42.7 Å². The average Bonchev–Trinajstić information content (AvgIpc) is 3.17. The number of anilines is 1. The van der Waals surface area contributed by atoms with E-state index in [0.29, 0.717) is 30.8 Å². The zero-order valence-electron chi connectivity index (χ0n) is 15.2. The summed E-state index contributed by atoms with van der Waals surface area (Å²) < 4.78 is 5.61. The van der Waals surface area contributed by atoms with Gasteiger partial charge in [-0.1, -0.05) is 18.2 Å². The molecule has 2 atom stereocenters. The Labute approximate surface area is 176 Å². The van der Waals surface area contributed by atoms with E-state index in [0.717, 1.165) is 12.0 Å². The highest BCUT2D eigenvalue weighted by molar-refractivity contribution is 6.04. The Morgan fingerprint density at radius 1 is 1.14 bits per heavy atom. The fourth-order valence-corrected chi connectivity index (χ4v) is 2.86. The fraction of sp³-hybridized carbons (Fsp3) is 0.316. The summed E-state index contributed by atoms with van der Waals surface area (Å²) in [5.41, 5.74) is 7.34. The Morgan fingerprint density at radius 3 is 2.61 bits per heavy atom. The van der Waals surface area contributed by atoms with Crippen LogP contribution in [0.2, 0.25) is 0 Å². The van der Waals surface area contributed by atoms with Crippen molar-refractivity contribution in [1.29, 1.82) is 0 Å². The largest absolute Gasteiger partial charge is 0.364 e. The molecule has 2 aromatic rings. The number of aromatic nitrogens is 1. The first-order valence-corrected chi connectivity index (χ1v) is 8.60. The predicted octanol–water partition coefficient (Wildman–Crippen LogP) is 2.30. The summed E-state index contributed by atoms with van der Waals surface area (Å²) >= 11 is 0. The van der Waals surface area contributed by atoms with E-state index in [1.165, 1.54) is 0 Å². The maximum atomic E-state index is 12.5. The SMILES string of the molecule is Cl.Cl.NC[C@H]1CC[C@@H](C(=O)Nc2ccccc2C(=O)NCc2cccnc2)O1. The quantitative estimate of drug-likeness (QED) is 0.656. The van der Waals surface area contributed by atoms with Gasteiger partial charge in [-0.3, -0.25) is 14.6 Å². The second-order valence-corrected chi connectivity index (χ2v) is 6.14. The number of ether oxygens (including phenoxy) is 1. The summed E-state index contributed by atoms with van der Waals surface area (Å²) in [4.78, 5) is 28.9. The average molecular weight is 427 g/mol. The molecule has 2 amide bonds. The van der Waals surface area contributed by atoms with E-state index in [1.54, 1.807) is 36.7 Å². The number of hydrogen-bond donors (Lipinski definition) is 3. The molecular formula is C19H24Cl2N4O3. The number of benzene rings is 1. The number of halogens is 2. The second kappa shape index (κ2) is 11.6. The molecule has 1 saturated heterocycles. The van der Waals surface area contributed by atoms with E-state index in [4.69, 9.17) is 10.5 Å². The molecule has 2 heterocycles. The lowest BCUT2D eigenvalue weighted by Gasteiger charge is -2.15. The van der Waals surface area contributed by atoms with Crippen LogP contribution in [0, 0.1) is 0 Å². The summed E-state index contributed by atoms with van der Waals surface area (Å²) in [7, 11) is 0. The Hall–Kier alpha value is -2.19. The van der Waals surface area contributed by atoms with Gasteiger partial charge in [0, 0.05) is 25.5 Å². The maximum Gasteiger partial charge on any atom is 0.253 e. The lowest BCUT2D eigenvalue weighted by molar-refractivity contribution is -0.126. The van der Waals surface area contributed by atoms with Gasteiger partial charge in [-0.15, -0.1) is 24.8 Å². The van der Waals surface area contributed by atoms with Gasteiger partial charge in [0.05, 0.1) is 17.4 Å². The van der Waals surface area contributed by atoms with Gasteiger partial charge in [-0.25, -0.2) is 0 Å². The minimum Gasteiger partial charge on any atom is -0.364 e. The van der Waals surface area contributed by atoms with Crippen molar-refractivity contribution in [3.8, 4) is 0 Å². The van der Waals surface area contributed by atoms with Crippen LogP contribution in [0.3, 0.4) is 0 Å². The normalized spacial score (nSPS) is 17.8. The lowest BCUT2D eigenvalue weighted by Crippen LogP contribution is -2.31. The summed E-state index contributed by atoms with van der Waals surface area (Å²) in [6.45, 7) is 0.760. The number of amides is 2. The zero-order chi connectivity index (χ0) is 18.4. The van der Waals surface area contributed by atoms with Gasteiger partial charge in [-0.2, -0.15) is 0 Å². The number of carbonyl (C=O) groups excluding carboxylic acids is 2. The van der Waals surface area contributed by atoms with E-state index >= 15 is 0 Å². The van der Waals surface area contributed by atoms with Crippen molar-refractivity contribution < 1.29 is 14.3 Å². The molecule has 28 heavy (non-hydrogen) atoms. The molecule has 0 saturated carbocycles. The van der Waals surface area contributed by atoms with E-state index < -0.39 is 6.10 Å². The minimum absolute atomic E-state index is 0. The van der Waals surface area contributed by atoms with Crippen LogP contribution in [0.25, 0.3) is 0 Å². The highest BCUT2D eigenvalue weighted by atomic mass is 35.5. The first kappa shape index (κ1) is 23.8. The molecule has 9 heteroatoms. The van der Waals surface area contributed by atoms with Crippen molar-refractivity contribution in [1.82, 2.24) is 10.3 Å². The van der Waals surface area contributed by atoms with Crippen LogP contribution in [0.15, 0.2) is 48.8 Å².